The van der Waals surface area contributed by atoms with Gasteiger partial charge in [-0.15, -0.1) is 0 Å². The number of nitrogens with one attached hydrogen (secondary N) is 1. The highest BCUT2D eigenvalue weighted by atomic mass is 16.6. The fourth-order valence-corrected chi connectivity index (χ4v) is 2.86. The molecule has 0 aliphatic carbocycles. The fraction of sp³-hybridized carbons (Fsp3) is 0.211. The minimum absolute atomic E-state index is 0.156. The highest BCUT2D eigenvalue weighted by molar-refractivity contribution is 5.84. The van der Waals surface area contributed by atoms with Crippen LogP contribution in [-0.4, -0.2) is 34.9 Å². The highest BCUT2D eigenvalue weighted by Crippen LogP contribution is 2.30. The smallest absolute Gasteiger partial charge is 0.247 e. The Kier molecular flexibility index (Phi) is 4.27. The van der Waals surface area contributed by atoms with Gasteiger partial charge in [0.05, 0.1) is 23.7 Å². The summed E-state index contributed by atoms with van der Waals surface area (Å²) in [6.45, 7) is 1.08. The van der Waals surface area contributed by atoms with Gasteiger partial charge in [-0.2, -0.15) is 5.10 Å². The van der Waals surface area contributed by atoms with Gasteiger partial charge in [-0.05, 0) is 35.9 Å². The number of rotatable bonds is 4. The first-order chi connectivity index (χ1) is 12.7. The lowest BCUT2D eigenvalue weighted by Gasteiger charge is -2.18. The van der Waals surface area contributed by atoms with Crippen molar-refractivity contribution in [2.75, 3.05) is 13.2 Å². The summed E-state index contributed by atoms with van der Waals surface area (Å²) in [6.07, 6.45) is 1.73. The zero-order valence-corrected chi connectivity index (χ0v) is 14.3. The molecule has 1 aliphatic heterocycles. The maximum absolute atomic E-state index is 12.1. The minimum atomic E-state index is -0.225. The molecule has 7 nitrogen and oxygen atoms in total. The molecule has 3 aromatic rings. The van der Waals surface area contributed by atoms with Crippen molar-refractivity contribution in [3.8, 4) is 11.5 Å². The van der Waals surface area contributed by atoms with Gasteiger partial charge >= 0.3 is 0 Å². The lowest BCUT2D eigenvalue weighted by molar-refractivity contribution is -0.120. The van der Waals surface area contributed by atoms with Crippen molar-refractivity contribution < 1.29 is 14.3 Å². The van der Waals surface area contributed by atoms with E-state index >= 15 is 0 Å². The normalized spacial score (nSPS) is 13.3. The number of hydrogen-bond acceptors (Lipinski definition) is 5. The van der Waals surface area contributed by atoms with Gasteiger partial charge in [0.25, 0.3) is 0 Å². The Morgan fingerprint density at radius 3 is 2.88 bits per heavy atom. The van der Waals surface area contributed by atoms with Crippen molar-refractivity contribution in [2.24, 2.45) is 12.1 Å². The molecule has 132 valence electrons. The van der Waals surface area contributed by atoms with E-state index in [0.717, 1.165) is 22.3 Å². The molecule has 0 unspecified atom stereocenters. The third kappa shape index (κ3) is 3.23. The second kappa shape index (κ2) is 6.87. The molecular weight excluding hydrogens is 332 g/mol. The van der Waals surface area contributed by atoms with Gasteiger partial charge in [0.15, 0.2) is 11.5 Å². The molecule has 1 aromatic heterocycles. The zero-order valence-electron chi connectivity index (χ0n) is 14.3. The molecule has 0 saturated carbocycles. The number of carbonyl (C=O) groups excluding carboxylic acids is 1. The van der Waals surface area contributed by atoms with Crippen LogP contribution in [0.25, 0.3) is 11.0 Å². The number of hydrogen-bond donors (Lipinski definition) is 1. The van der Waals surface area contributed by atoms with Crippen molar-refractivity contribution >= 4 is 23.2 Å². The number of amides is 1. The van der Waals surface area contributed by atoms with Crippen LogP contribution < -0.4 is 14.9 Å². The van der Waals surface area contributed by atoms with Crippen LogP contribution in [0.15, 0.2) is 47.6 Å². The van der Waals surface area contributed by atoms with Gasteiger partial charge in [0.2, 0.25) is 5.91 Å². The molecule has 2 aromatic carbocycles. The number of benzene rings is 2. The second-order valence-corrected chi connectivity index (χ2v) is 5.95. The third-order valence-corrected chi connectivity index (χ3v) is 4.17. The van der Waals surface area contributed by atoms with Crippen LogP contribution in [0.3, 0.4) is 0 Å². The molecular formula is C19H18N4O3. The molecule has 0 fully saturated rings. The number of para-hydroxylation sites is 2. The van der Waals surface area contributed by atoms with Gasteiger partial charge in [0, 0.05) is 7.05 Å². The minimum Gasteiger partial charge on any atom is -0.486 e. The van der Waals surface area contributed by atoms with E-state index < -0.39 is 0 Å². The van der Waals surface area contributed by atoms with Crippen LogP contribution in [0.2, 0.25) is 0 Å². The van der Waals surface area contributed by atoms with E-state index in [0.29, 0.717) is 24.8 Å². The molecule has 26 heavy (non-hydrogen) atoms. The Bertz CT molecular complexity index is 994. The van der Waals surface area contributed by atoms with E-state index in [-0.39, 0.29) is 12.3 Å². The summed E-state index contributed by atoms with van der Waals surface area (Å²) in [7, 11) is 1.90. The quantitative estimate of drug-likeness (QED) is 0.577. The molecule has 7 heteroatoms. The van der Waals surface area contributed by atoms with Crippen LogP contribution in [0, 0.1) is 0 Å². The number of imidazole rings is 1. The van der Waals surface area contributed by atoms with Crippen molar-refractivity contribution in [1.82, 2.24) is 15.0 Å². The van der Waals surface area contributed by atoms with Crippen LogP contribution in [0.5, 0.6) is 11.5 Å². The predicted octanol–water partition coefficient (Wildman–Crippen LogP) is 2.04. The number of ether oxygens (including phenoxy) is 2. The van der Waals surface area contributed by atoms with Crippen LogP contribution >= 0.6 is 0 Å². The summed E-state index contributed by atoms with van der Waals surface area (Å²) in [5.41, 5.74) is 5.22. The highest BCUT2D eigenvalue weighted by Gasteiger charge is 2.12. The van der Waals surface area contributed by atoms with E-state index in [1.807, 2.05) is 54.1 Å². The van der Waals surface area contributed by atoms with Crippen molar-refractivity contribution in [3.63, 3.8) is 0 Å². The molecule has 4 rings (SSSR count). The summed E-state index contributed by atoms with van der Waals surface area (Å²) >= 11 is 0. The average Bonchev–Trinajstić information content (AvgIpc) is 2.97. The Morgan fingerprint density at radius 1 is 1.23 bits per heavy atom. The maximum atomic E-state index is 12.1. The van der Waals surface area contributed by atoms with Crippen molar-refractivity contribution in [1.29, 1.82) is 0 Å². The molecule has 1 amide bonds. The summed E-state index contributed by atoms with van der Waals surface area (Å²) in [5, 5.41) is 4.01. The molecule has 1 aliphatic rings. The van der Waals surface area contributed by atoms with Crippen LogP contribution in [0.4, 0.5) is 0 Å². The summed E-state index contributed by atoms with van der Waals surface area (Å²) < 4.78 is 12.9. The van der Waals surface area contributed by atoms with E-state index in [1.54, 1.807) is 6.21 Å². The topological polar surface area (TPSA) is 77.7 Å². The summed E-state index contributed by atoms with van der Waals surface area (Å²) in [5.74, 6) is 1.88. The number of aryl methyl sites for hydroxylation is 1. The Hall–Kier alpha value is -3.35. The number of aromatic nitrogens is 2. The van der Waals surface area contributed by atoms with Gasteiger partial charge in [-0.25, -0.2) is 10.4 Å². The third-order valence-electron chi connectivity index (χ3n) is 4.17. The largest absolute Gasteiger partial charge is 0.486 e. The predicted molar refractivity (Wildman–Crippen MR) is 97.6 cm³/mol. The first kappa shape index (κ1) is 16.1. The lowest BCUT2D eigenvalue weighted by atomic mass is 10.2. The second-order valence-electron chi connectivity index (χ2n) is 5.95. The number of carbonyl (C=O) groups is 1. The number of fused-ring (bicyclic) bond motifs is 2. The molecule has 0 atom stereocenters. The average molecular weight is 350 g/mol. The lowest BCUT2D eigenvalue weighted by Crippen LogP contribution is -2.21. The zero-order chi connectivity index (χ0) is 17.9. The first-order valence-electron chi connectivity index (χ1n) is 8.32. The first-order valence-corrected chi connectivity index (χ1v) is 8.32. The summed E-state index contributed by atoms with van der Waals surface area (Å²) in [4.78, 5) is 16.6. The fourth-order valence-electron chi connectivity index (χ4n) is 2.86. The van der Waals surface area contributed by atoms with Gasteiger partial charge in [-0.1, -0.05) is 12.1 Å². The Labute approximate surface area is 150 Å². The van der Waals surface area contributed by atoms with Crippen molar-refractivity contribution in [2.45, 2.75) is 6.42 Å². The van der Waals surface area contributed by atoms with Gasteiger partial charge < -0.3 is 14.0 Å². The number of hydrazone groups is 1. The molecule has 0 radical (unpaired) electrons. The molecule has 0 saturated heterocycles. The SMILES string of the molecule is Cn1c(CC(=O)N/N=C\c2ccc3c(c2)OCCO3)nc2ccccc21. The van der Waals surface area contributed by atoms with Crippen molar-refractivity contribution in [3.05, 3.63) is 53.9 Å². The maximum Gasteiger partial charge on any atom is 0.247 e. The molecule has 2 heterocycles. The van der Waals surface area contributed by atoms with E-state index in [4.69, 9.17) is 9.47 Å². The van der Waals surface area contributed by atoms with Crippen LogP contribution in [-0.2, 0) is 18.3 Å². The van der Waals surface area contributed by atoms with Gasteiger partial charge in [-0.3, -0.25) is 4.79 Å². The van der Waals surface area contributed by atoms with E-state index in [9.17, 15) is 4.79 Å². The number of nitrogens with zero attached hydrogens (tertiary/aromatic N) is 3. The van der Waals surface area contributed by atoms with Gasteiger partial charge in [0.1, 0.15) is 19.0 Å². The molecule has 0 spiro atoms. The molecule has 0 bridgehead atoms. The Balaban J connectivity index is 1.40. The van der Waals surface area contributed by atoms with E-state index in [2.05, 4.69) is 15.5 Å². The van der Waals surface area contributed by atoms with E-state index in [1.165, 1.54) is 0 Å². The Morgan fingerprint density at radius 2 is 2.04 bits per heavy atom. The standard InChI is InChI=1S/C19H18N4O3/c1-23-15-5-3-2-4-14(15)21-18(23)11-19(24)22-20-12-13-6-7-16-17(10-13)26-9-8-25-16/h2-7,10,12H,8-9,11H2,1H3,(H,22,24)/b20-12-. The van der Waals surface area contributed by atoms with Crippen LogP contribution in [0.1, 0.15) is 11.4 Å². The monoisotopic (exact) mass is 350 g/mol. The molecule has 1 N–H and O–H groups in total. The summed E-state index contributed by atoms with van der Waals surface area (Å²) in [6, 6.07) is 13.3.